The first-order valence-corrected chi connectivity index (χ1v) is 14.0. The zero-order valence-corrected chi connectivity index (χ0v) is 20.4. The minimum atomic E-state index is -2.93. The van der Waals surface area contributed by atoms with Gasteiger partial charge in [-0.2, -0.15) is 0 Å². The highest BCUT2D eigenvalue weighted by atomic mass is 31.2. The van der Waals surface area contributed by atoms with E-state index in [0.717, 1.165) is 51.4 Å². The van der Waals surface area contributed by atoms with Gasteiger partial charge in [-0.15, -0.1) is 0 Å². The van der Waals surface area contributed by atoms with Gasteiger partial charge in [0, 0.05) is 0 Å². The quantitative estimate of drug-likeness (QED) is 0.151. The maximum Gasteiger partial charge on any atom is 0.330 e. The van der Waals surface area contributed by atoms with Crippen LogP contribution < -0.4 is 0 Å². The minimum absolute atomic E-state index is 0.564. The number of benzene rings is 1. The van der Waals surface area contributed by atoms with E-state index in [9.17, 15) is 4.57 Å². The summed E-state index contributed by atoms with van der Waals surface area (Å²) < 4.78 is 24.7. The van der Waals surface area contributed by atoms with Crippen LogP contribution in [-0.4, -0.2) is 19.4 Å². The largest absolute Gasteiger partial charge is 0.330 e. The Morgan fingerprint density at radius 2 is 1.30 bits per heavy atom. The van der Waals surface area contributed by atoms with Crippen molar-refractivity contribution in [1.82, 2.24) is 0 Å². The Morgan fingerprint density at radius 1 is 0.733 bits per heavy atom. The second-order valence-corrected chi connectivity index (χ2v) is 10.3. The minimum Gasteiger partial charge on any atom is -0.309 e. The SMILES string of the molecule is CCCCCCOP(=O)(CCCCCCC=Cc1ccccc1)OCCCCCC. The summed E-state index contributed by atoms with van der Waals surface area (Å²) in [6, 6.07) is 10.4. The Labute approximate surface area is 186 Å². The van der Waals surface area contributed by atoms with Gasteiger partial charge in [-0.25, -0.2) is 0 Å². The molecule has 0 aromatic heterocycles. The summed E-state index contributed by atoms with van der Waals surface area (Å²) in [4.78, 5) is 0. The Kier molecular flexibility index (Phi) is 17.1. The molecule has 3 nitrogen and oxygen atoms in total. The van der Waals surface area contributed by atoms with E-state index in [0.29, 0.717) is 19.4 Å². The molecule has 0 spiro atoms. The average molecular weight is 437 g/mol. The average Bonchev–Trinajstić information content (AvgIpc) is 2.76. The van der Waals surface area contributed by atoms with Crippen molar-refractivity contribution in [2.45, 2.75) is 97.3 Å². The van der Waals surface area contributed by atoms with Crippen LogP contribution in [0.5, 0.6) is 0 Å². The third-order valence-corrected chi connectivity index (χ3v) is 7.25. The van der Waals surface area contributed by atoms with E-state index in [1.54, 1.807) is 0 Å². The van der Waals surface area contributed by atoms with Gasteiger partial charge < -0.3 is 9.05 Å². The van der Waals surface area contributed by atoms with Crippen molar-refractivity contribution in [2.24, 2.45) is 0 Å². The monoisotopic (exact) mass is 436 g/mol. The standard InChI is InChI=1S/C26H45O3P/c1-3-5-7-17-23-28-30(27,29-24-18-8-6-4-2)25-19-12-10-9-11-14-20-26-21-15-13-16-22-26/h13-16,20-22H,3-12,17-19,23-25H2,1-2H3. The van der Waals surface area contributed by atoms with Gasteiger partial charge in [-0.05, 0) is 37.7 Å². The normalized spacial score (nSPS) is 12.1. The molecular formula is C26H45O3P. The molecule has 0 amide bonds. The first kappa shape index (κ1) is 27.1. The van der Waals surface area contributed by atoms with Crippen LogP contribution in [0.25, 0.3) is 6.08 Å². The fourth-order valence-electron chi connectivity index (χ4n) is 3.34. The van der Waals surface area contributed by atoms with Gasteiger partial charge in [0.05, 0.1) is 19.4 Å². The van der Waals surface area contributed by atoms with E-state index < -0.39 is 7.60 Å². The molecule has 0 saturated carbocycles. The zero-order valence-electron chi connectivity index (χ0n) is 19.5. The fraction of sp³-hybridized carbons (Fsp3) is 0.692. The van der Waals surface area contributed by atoms with Crippen LogP contribution in [0.4, 0.5) is 0 Å². The number of hydrogen-bond donors (Lipinski definition) is 0. The molecule has 0 atom stereocenters. The van der Waals surface area contributed by atoms with Gasteiger partial charge in [-0.3, -0.25) is 4.57 Å². The summed E-state index contributed by atoms with van der Waals surface area (Å²) in [5, 5.41) is 0. The number of allylic oxidation sites excluding steroid dienone is 1. The highest BCUT2D eigenvalue weighted by molar-refractivity contribution is 7.53. The molecule has 0 saturated heterocycles. The highest BCUT2D eigenvalue weighted by Gasteiger charge is 2.23. The van der Waals surface area contributed by atoms with Crippen LogP contribution in [0.15, 0.2) is 36.4 Å². The van der Waals surface area contributed by atoms with Crippen molar-refractivity contribution in [1.29, 1.82) is 0 Å². The van der Waals surface area contributed by atoms with Gasteiger partial charge in [0.15, 0.2) is 0 Å². The zero-order chi connectivity index (χ0) is 21.8. The van der Waals surface area contributed by atoms with Crippen molar-refractivity contribution in [3.05, 3.63) is 42.0 Å². The van der Waals surface area contributed by atoms with E-state index in [2.05, 4.69) is 50.3 Å². The Balaban J connectivity index is 2.22. The van der Waals surface area contributed by atoms with E-state index in [-0.39, 0.29) is 0 Å². The van der Waals surface area contributed by atoms with Crippen LogP contribution in [0.2, 0.25) is 0 Å². The van der Waals surface area contributed by atoms with Crippen molar-refractivity contribution < 1.29 is 13.6 Å². The molecule has 0 aliphatic heterocycles. The summed E-state index contributed by atoms with van der Waals surface area (Å²) in [6.07, 6.45) is 19.5. The predicted molar refractivity (Wildman–Crippen MR) is 131 cm³/mol. The lowest BCUT2D eigenvalue weighted by atomic mass is 10.1. The molecular weight excluding hydrogens is 391 g/mol. The molecule has 0 aliphatic rings. The Hall–Kier alpha value is -0.890. The molecule has 172 valence electrons. The lowest BCUT2D eigenvalue weighted by molar-refractivity contribution is 0.197. The topological polar surface area (TPSA) is 35.5 Å². The summed E-state index contributed by atoms with van der Waals surface area (Å²) in [6.45, 7) is 5.53. The molecule has 0 radical (unpaired) electrons. The summed E-state index contributed by atoms with van der Waals surface area (Å²) in [5.41, 5.74) is 1.26. The molecule has 0 heterocycles. The molecule has 1 rings (SSSR count). The third kappa shape index (κ3) is 15.0. The lowest BCUT2D eigenvalue weighted by Crippen LogP contribution is -2.03. The molecule has 0 bridgehead atoms. The van der Waals surface area contributed by atoms with Gasteiger partial charge in [0.2, 0.25) is 0 Å². The molecule has 0 fully saturated rings. The van der Waals surface area contributed by atoms with E-state index in [1.807, 2.05) is 6.07 Å². The summed E-state index contributed by atoms with van der Waals surface area (Å²) in [5.74, 6) is 0. The molecule has 1 aromatic rings. The predicted octanol–water partition coefficient (Wildman–Crippen LogP) is 9.04. The smallest absolute Gasteiger partial charge is 0.309 e. The van der Waals surface area contributed by atoms with Crippen molar-refractivity contribution >= 4 is 13.7 Å². The van der Waals surface area contributed by atoms with Crippen molar-refractivity contribution in [3.8, 4) is 0 Å². The molecule has 0 unspecified atom stereocenters. The maximum absolute atomic E-state index is 13.1. The molecule has 4 heteroatoms. The van der Waals surface area contributed by atoms with Crippen molar-refractivity contribution in [3.63, 3.8) is 0 Å². The lowest BCUT2D eigenvalue weighted by Gasteiger charge is -2.19. The second-order valence-electron chi connectivity index (χ2n) is 8.14. The van der Waals surface area contributed by atoms with Crippen LogP contribution in [0.3, 0.4) is 0 Å². The van der Waals surface area contributed by atoms with Crippen molar-refractivity contribution in [2.75, 3.05) is 19.4 Å². The number of unbranched alkanes of at least 4 members (excludes halogenated alkanes) is 10. The molecule has 0 N–H and O–H groups in total. The number of rotatable bonds is 20. The van der Waals surface area contributed by atoms with Gasteiger partial charge in [0.1, 0.15) is 0 Å². The third-order valence-electron chi connectivity index (χ3n) is 5.23. The maximum atomic E-state index is 13.1. The van der Waals surface area contributed by atoms with E-state index in [1.165, 1.54) is 37.7 Å². The highest BCUT2D eigenvalue weighted by Crippen LogP contribution is 2.49. The van der Waals surface area contributed by atoms with Crippen LogP contribution in [-0.2, 0) is 13.6 Å². The van der Waals surface area contributed by atoms with Crippen LogP contribution >= 0.6 is 7.60 Å². The molecule has 0 aliphatic carbocycles. The van der Waals surface area contributed by atoms with E-state index >= 15 is 0 Å². The Morgan fingerprint density at radius 3 is 1.90 bits per heavy atom. The molecule has 30 heavy (non-hydrogen) atoms. The van der Waals surface area contributed by atoms with E-state index in [4.69, 9.17) is 9.05 Å². The Bertz CT molecular complexity index is 553. The van der Waals surface area contributed by atoms with Crippen LogP contribution in [0.1, 0.15) is 103 Å². The summed E-state index contributed by atoms with van der Waals surface area (Å²) >= 11 is 0. The second kappa shape index (κ2) is 18.8. The first-order valence-electron chi connectivity index (χ1n) is 12.3. The van der Waals surface area contributed by atoms with Gasteiger partial charge >= 0.3 is 7.60 Å². The number of hydrogen-bond acceptors (Lipinski definition) is 3. The van der Waals surface area contributed by atoms with Crippen LogP contribution in [0, 0.1) is 0 Å². The summed E-state index contributed by atoms with van der Waals surface area (Å²) in [7, 11) is -2.93. The van der Waals surface area contributed by atoms with Gasteiger partial charge in [0.25, 0.3) is 0 Å². The van der Waals surface area contributed by atoms with Gasteiger partial charge in [-0.1, -0.05) is 108 Å². The fourth-order valence-corrected chi connectivity index (χ4v) is 5.09. The molecule has 1 aromatic carbocycles. The first-order chi connectivity index (χ1) is 14.7.